The second-order valence-corrected chi connectivity index (χ2v) is 3.55. The van der Waals surface area contributed by atoms with Crippen molar-refractivity contribution >= 4 is 5.97 Å². The zero-order chi connectivity index (χ0) is 12.2. The summed E-state index contributed by atoms with van der Waals surface area (Å²) in [6.07, 6.45) is -1.36. The molecule has 6 heteroatoms. The summed E-state index contributed by atoms with van der Waals surface area (Å²) in [5.74, 6) is -0.653. The van der Waals surface area contributed by atoms with Gasteiger partial charge in [0, 0.05) is 6.08 Å². The highest BCUT2D eigenvalue weighted by Gasteiger charge is 2.46. The number of alkyl halides is 3. The molecule has 0 atom stereocenters. The SMILES string of the molecule is CCOC(=O)/C=C/C1(OC(F)(F)F)CCC1. The van der Waals surface area contributed by atoms with Gasteiger partial charge in [0.25, 0.3) is 0 Å². The average Bonchev–Trinajstić information content (AvgIpc) is 2.08. The third kappa shape index (κ3) is 3.84. The summed E-state index contributed by atoms with van der Waals surface area (Å²) in [5, 5.41) is 0. The van der Waals surface area contributed by atoms with Gasteiger partial charge >= 0.3 is 12.3 Å². The second kappa shape index (κ2) is 4.86. The smallest absolute Gasteiger partial charge is 0.463 e. The van der Waals surface area contributed by atoms with E-state index in [-0.39, 0.29) is 19.4 Å². The minimum Gasteiger partial charge on any atom is -0.463 e. The third-order valence-corrected chi connectivity index (χ3v) is 2.33. The van der Waals surface area contributed by atoms with Crippen molar-refractivity contribution in [1.29, 1.82) is 0 Å². The normalized spacial score (nSPS) is 19.5. The van der Waals surface area contributed by atoms with Gasteiger partial charge in [-0.25, -0.2) is 4.79 Å². The minimum atomic E-state index is -4.68. The molecule has 0 unspecified atom stereocenters. The van der Waals surface area contributed by atoms with Crippen molar-refractivity contribution in [3.05, 3.63) is 12.2 Å². The Hall–Kier alpha value is -1.04. The summed E-state index contributed by atoms with van der Waals surface area (Å²) in [5.41, 5.74) is -1.37. The van der Waals surface area contributed by atoms with Gasteiger partial charge in [0.1, 0.15) is 0 Å². The van der Waals surface area contributed by atoms with Gasteiger partial charge in [-0.2, -0.15) is 0 Å². The highest BCUT2D eigenvalue weighted by Crippen LogP contribution is 2.41. The molecule has 0 heterocycles. The number of ether oxygens (including phenoxy) is 2. The summed E-state index contributed by atoms with van der Waals surface area (Å²) < 4.78 is 44.8. The standard InChI is InChI=1S/C10H13F3O3/c1-2-15-8(14)4-7-9(5-3-6-9)16-10(11,12)13/h4,7H,2-3,5-6H2,1H3/b7-4+. The number of hydrogen-bond acceptors (Lipinski definition) is 3. The van der Waals surface area contributed by atoms with Crippen LogP contribution < -0.4 is 0 Å². The molecule has 1 saturated carbocycles. The van der Waals surface area contributed by atoms with Crippen LogP contribution >= 0.6 is 0 Å². The monoisotopic (exact) mass is 238 g/mol. The predicted octanol–water partition coefficient (Wildman–Crippen LogP) is 2.56. The average molecular weight is 238 g/mol. The van der Waals surface area contributed by atoms with E-state index in [4.69, 9.17) is 0 Å². The molecule has 0 bridgehead atoms. The van der Waals surface area contributed by atoms with E-state index in [9.17, 15) is 18.0 Å². The number of carbonyl (C=O) groups is 1. The van der Waals surface area contributed by atoms with E-state index in [0.29, 0.717) is 6.42 Å². The fraction of sp³-hybridized carbons (Fsp3) is 0.700. The molecular formula is C10H13F3O3. The van der Waals surface area contributed by atoms with Crippen molar-refractivity contribution in [2.75, 3.05) is 6.61 Å². The van der Waals surface area contributed by atoms with E-state index in [1.165, 1.54) is 0 Å². The molecule has 0 spiro atoms. The summed E-state index contributed by atoms with van der Waals surface area (Å²) in [6, 6.07) is 0. The second-order valence-electron chi connectivity index (χ2n) is 3.55. The van der Waals surface area contributed by atoms with Crippen LogP contribution in [-0.4, -0.2) is 24.5 Å². The Balaban J connectivity index is 2.57. The maximum Gasteiger partial charge on any atom is 0.523 e. The zero-order valence-corrected chi connectivity index (χ0v) is 8.84. The summed E-state index contributed by atoms with van der Waals surface area (Å²) in [6.45, 7) is 1.81. The van der Waals surface area contributed by atoms with Gasteiger partial charge < -0.3 is 4.74 Å². The quantitative estimate of drug-likeness (QED) is 0.557. The maximum atomic E-state index is 12.1. The zero-order valence-electron chi connectivity index (χ0n) is 8.84. The van der Waals surface area contributed by atoms with E-state index in [0.717, 1.165) is 12.2 Å². The molecule has 0 saturated heterocycles. The first-order chi connectivity index (χ1) is 7.37. The summed E-state index contributed by atoms with van der Waals surface area (Å²) >= 11 is 0. The molecule has 1 aliphatic rings. The van der Waals surface area contributed by atoms with E-state index < -0.39 is 17.9 Å². The van der Waals surface area contributed by atoms with Gasteiger partial charge in [-0.15, -0.1) is 13.2 Å². The van der Waals surface area contributed by atoms with Gasteiger partial charge in [0.2, 0.25) is 0 Å². The van der Waals surface area contributed by atoms with Gasteiger partial charge in [-0.05, 0) is 32.3 Å². The molecule has 0 N–H and O–H groups in total. The van der Waals surface area contributed by atoms with Gasteiger partial charge in [-0.1, -0.05) is 0 Å². The van der Waals surface area contributed by atoms with Crippen LogP contribution in [0.15, 0.2) is 12.2 Å². The Morgan fingerprint density at radius 1 is 1.44 bits per heavy atom. The van der Waals surface area contributed by atoms with Crippen molar-refractivity contribution in [1.82, 2.24) is 0 Å². The number of hydrogen-bond donors (Lipinski definition) is 0. The fourth-order valence-electron chi connectivity index (χ4n) is 1.47. The van der Waals surface area contributed by atoms with Crippen molar-refractivity contribution in [3.8, 4) is 0 Å². The molecule has 0 radical (unpaired) electrons. The van der Waals surface area contributed by atoms with Crippen LogP contribution in [0.2, 0.25) is 0 Å². The van der Waals surface area contributed by atoms with Crippen LogP contribution in [0.4, 0.5) is 13.2 Å². The van der Waals surface area contributed by atoms with E-state index in [2.05, 4.69) is 9.47 Å². The molecule has 92 valence electrons. The van der Waals surface area contributed by atoms with E-state index in [1.807, 2.05) is 0 Å². The van der Waals surface area contributed by atoms with Crippen molar-refractivity contribution < 1.29 is 27.4 Å². The van der Waals surface area contributed by atoms with Crippen LogP contribution in [0.1, 0.15) is 26.2 Å². The van der Waals surface area contributed by atoms with Crippen LogP contribution in [0, 0.1) is 0 Å². The molecular weight excluding hydrogens is 225 g/mol. The Morgan fingerprint density at radius 2 is 2.06 bits per heavy atom. The Kier molecular flexibility index (Phi) is 3.96. The topological polar surface area (TPSA) is 35.5 Å². The Labute approximate surface area is 91.2 Å². The molecule has 1 fully saturated rings. The lowest BCUT2D eigenvalue weighted by atomic mass is 9.80. The first kappa shape index (κ1) is 13.0. The van der Waals surface area contributed by atoms with Gasteiger partial charge in [-0.3, -0.25) is 4.74 Å². The number of rotatable bonds is 4. The van der Waals surface area contributed by atoms with Crippen LogP contribution in [-0.2, 0) is 14.3 Å². The molecule has 0 amide bonds. The minimum absolute atomic E-state index is 0.191. The fourth-order valence-corrected chi connectivity index (χ4v) is 1.47. The molecule has 16 heavy (non-hydrogen) atoms. The molecule has 0 aliphatic heterocycles. The highest BCUT2D eigenvalue weighted by molar-refractivity contribution is 5.82. The molecule has 0 aromatic carbocycles. The lowest BCUT2D eigenvalue weighted by molar-refractivity contribution is -0.368. The van der Waals surface area contributed by atoms with Crippen LogP contribution in [0.25, 0.3) is 0 Å². The lowest BCUT2D eigenvalue weighted by Gasteiger charge is -2.39. The summed E-state index contributed by atoms with van der Waals surface area (Å²) in [7, 11) is 0. The molecule has 1 rings (SSSR count). The van der Waals surface area contributed by atoms with Crippen LogP contribution in [0.5, 0.6) is 0 Å². The predicted molar refractivity (Wildman–Crippen MR) is 49.5 cm³/mol. The molecule has 3 nitrogen and oxygen atoms in total. The highest BCUT2D eigenvalue weighted by atomic mass is 19.4. The van der Waals surface area contributed by atoms with Crippen molar-refractivity contribution in [3.63, 3.8) is 0 Å². The van der Waals surface area contributed by atoms with Crippen molar-refractivity contribution in [2.24, 2.45) is 0 Å². The van der Waals surface area contributed by atoms with E-state index in [1.54, 1.807) is 6.92 Å². The maximum absolute atomic E-state index is 12.1. The largest absolute Gasteiger partial charge is 0.523 e. The van der Waals surface area contributed by atoms with Gasteiger partial charge in [0.15, 0.2) is 0 Å². The lowest BCUT2D eigenvalue weighted by Crippen LogP contribution is -2.42. The van der Waals surface area contributed by atoms with Gasteiger partial charge in [0.05, 0.1) is 12.2 Å². The first-order valence-electron chi connectivity index (χ1n) is 5.00. The Morgan fingerprint density at radius 3 is 2.44 bits per heavy atom. The number of esters is 1. The van der Waals surface area contributed by atoms with E-state index >= 15 is 0 Å². The molecule has 1 aliphatic carbocycles. The van der Waals surface area contributed by atoms with Crippen LogP contribution in [0.3, 0.4) is 0 Å². The molecule has 0 aromatic rings. The third-order valence-electron chi connectivity index (χ3n) is 2.33. The Bertz CT molecular complexity index is 280. The molecule has 0 aromatic heterocycles. The number of halogens is 3. The number of carbonyl (C=O) groups excluding carboxylic acids is 1. The van der Waals surface area contributed by atoms with Crippen molar-refractivity contribution in [2.45, 2.75) is 38.1 Å². The summed E-state index contributed by atoms with van der Waals surface area (Å²) in [4.78, 5) is 10.9. The first-order valence-corrected chi connectivity index (χ1v) is 5.00.